The lowest BCUT2D eigenvalue weighted by atomic mass is 10.2. The molecule has 0 bridgehead atoms. The van der Waals surface area contributed by atoms with Crippen molar-refractivity contribution < 1.29 is 19.1 Å². The highest BCUT2D eigenvalue weighted by Gasteiger charge is 2.24. The molecule has 0 radical (unpaired) electrons. The van der Waals surface area contributed by atoms with Crippen LogP contribution in [0.5, 0.6) is 5.75 Å². The van der Waals surface area contributed by atoms with Crippen LogP contribution in [0.25, 0.3) is 0 Å². The van der Waals surface area contributed by atoms with Crippen LogP contribution in [0.1, 0.15) is 0 Å². The van der Waals surface area contributed by atoms with Crippen molar-refractivity contribution in [1.29, 1.82) is 0 Å². The van der Waals surface area contributed by atoms with E-state index in [1.54, 1.807) is 24.3 Å². The highest BCUT2D eigenvalue weighted by molar-refractivity contribution is 9.10. The number of phenols is 1. The Morgan fingerprint density at radius 2 is 1.87 bits per heavy atom. The van der Waals surface area contributed by atoms with Crippen LogP contribution in [0.2, 0.25) is 0 Å². The van der Waals surface area contributed by atoms with E-state index in [2.05, 4.69) is 26.1 Å². The van der Waals surface area contributed by atoms with Gasteiger partial charge in [0.25, 0.3) is 5.69 Å². The second kappa shape index (κ2) is 6.99. The van der Waals surface area contributed by atoms with Crippen molar-refractivity contribution in [3.63, 3.8) is 0 Å². The van der Waals surface area contributed by atoms with Gasteiger partial charge in [0, 0.05) is 17.6 Å². The van der Waals surface area contributed by atoms with E-state index < -0.39 is 18.3 Å². The van der Waals surface area contributed by atoms with Crippen molar-refractivity contribution in [3.8, 4) is 5.75 Å². The number of nitro benzene ring substituents is 1. The Kier molecular flexibility index (Phi) is 5.25. The molecule has 23 heavy (non-hydrogen) atoms. The van der Waals surface area contributed by atoms with Crippen LogP contribution in [-0.4, -0.2) is 17.1 Å². The van der Waals surface area contributed by atoms with Gasteiger partial charge in [0.1, 0.15) is 5.75 Å². The van der Waals surface area contributed by atoms with Gasteiger partial charge in [-0.15, -0.1) is 0 Å². The number of nitrogens with zero attached hydrogens (tertiary/aromatic N) is 1. The number of hydrogen-bond acceptors (Lipinski definition) is 5. The van der Waals surface area contributed by atoms with Crippen LogP contribution >= 0.6 is 23.6 Å². The molecule has 0 aliphatic heterocycles. The summed E-state index contributed by atoms with van der Waals surface area (Å²) < 4.78 is 18.4. The molecule has 10 heteroatoms. The number of para-hydroxylation sites is 1. The predicted molar refractivity (Wildman–Crippen MR) is 90.8 cm³/mol. The number of rotatable bonds is 6. The van der Waals surface area contributed by atoms with E-state index in [1.807, 2.05) is 0 Å². The third-order valence-electron chi connectivity index (χ3n) is 2.86. The molecule has 2 aromatic rings. The lowest BCUT2D eigenvalue weighted by Crippen LogP contribution is -2.08. The van der Waals surface area contributed by atoms with E-state index in [0.29, 0.717) is 10.2 Å². The largest absolute Gasteiger partial charge is 0.506 e. The van der Waals surface area contributed by atoms with Gasteiger partial charge in [0.2, 0.25) is 0 Å². The normalized spacial score (nSPS) is 13.1. The Labute approximate surface area is 140 Å². The van der Waals surface area contributed by atoms with E-state index in [-0.39, 0.29) is 11.4 Å². The molecule has 0 saturated heterocycles. The minimum atomic E-state index is -3.60. The first-order valence-corrected chi connectivity index (χ1v) is 8.71. The summed E-state index contributed by atoms with van der Waals surface area (Å²) in [5, 5.41) is 25.8. The minimum absolute atomic E-state index is 0.0420. The fourth-order valence-electron chi connectivity index (χ4n) is 1.72. The maximum atomic E-state index is 12.7. The Balaban J connectivity index is 2.26. The molecule has 1 atom stereocenters. The molecule has 0 amide bonds. The summed E-state index contributed by atoms with van der Waals surface area (Å²) in [5.74, 6) is -0.412. The van der Waals surface area contributed by atoms with Gasteiger partial charge >= 0.3 is 7.67 Å². The quantitative estimate of drug-likeness (QED) is 0.285. The van der Waals surface area contributed by atoms with Crippen LogP contribution in [0.15, 0.2) is 46.9 Å². The zero-order valence-electron chi connectivity index (χ0n) is 11.9. The molecular weight excluding hydrogens is 389 g/mol. The van der Waals surface area contributed by atoms with Crippen molar-refractivity contribution in [2.45, 2.75) is 0 Å². The van der Waals surface area contributed by atoms with Crippen LogP contribution < -0.4 is 10.2 Å². The number of nitro groups is 1. The van der Waals surface area contributed by atoms with E-state index in [0.717, 1.165) is 6.07 Å². The summed E-state index contributed by atoms with van der Waals surface area (Å²) in [5.41, 5.74) is 0.283. The monoisotopic (exact) mass is 401 g/mol. The van der Waals surface area contributed by atoms with Crippen LogP contribution in [0, 0.1) is 10.1 Å². The maximum Gasteiger partial charge on any atom is 0.391 e. The lowest BCUT2D eigenvalue weighted by Gasteiger charge is -2.21. The van der Waals surface area contributed by atoms with E-state index in [1.165, 1.54) is 19.2 Å². The van der Waals surface area contributed by atoms with E-state index in [9.17, 15) is 19.8 Å². The van der Waals surface area contributed by atoms with Gasteiger partial charge in [-0.1, -0.05) is 12.1 Å². The van der Waals surface area contributed by atoms with Gasteiger partial charge in [0.15, 0.2) is 0 Å². The van der Waals surface area contributed by atoms with Gasteiger partial charge in [-0.05, 0) is 34.1 Å². The highest BCUT2D eigenvalue weighted by atomic mass is 79.9. The Morgan fingerprint density at radius 3 is 2.43 bits per heavy atom. The molecule has 0 aliphatic carbocycles. The van der Waals surface area contributed by atoms with Crippen LogP contribution in [0.3, 0.4) is 0 Å². The van der Waals surface area contributed by atoms with Crippen LogP contribution in [-0.2, 0) is 9.09 Å². The van der Waals surface area contributed by atoms with Crippen LogP contribution in [0.4, 0.5) is 17.1 Å². The minimum Gasteiger partial charge on any atom is -0.506 e. The van der Waals surface area contributed by atoms with Gasteiger partial charge in [-0.2, -0.15) is 0 Å². The van der Waals surface area contributed by atoms with Gasteiger partial charge in [0.05, 0.1) is 22.4 Å². The number of benzene rings is 2. The summed E-state index contributed by atoms with van der Waals surface area (Å²) in [6.45, 7) is 0. The lowest BCUT2D eigenvalue weighted by molar-refractivity contribution is -0.384. The zero-order valence-corrected chi connectivity index (χ0v) is 14.4. The zero-order chi connectivity index (χ0) is 17.0. The van der Waals surface area contributed by atoms with Crippen molar-refractivity contribution in [2.24, 2.45) is 0 Å². The standard InChI is InChI=1S/C13H13BrN3O5P/c1-22-23(21,15-11-5-3-2-4-10(11)14)16-12-7-6-9(17(19)20)8-13(12)18/h2-8,18H,1H3,(H2,15,16,21). The maximum absolute atomic E-state index is 12.7. The van der Waals surface area contributed by atoms with Gasteiger partial charge in [-0.3, -0.25) is 20.3 Å². The summed E-state index contributed by atoms with van der Waals surface area (Å²) in [7, 11) is -2.36. The van der Waals surface area contributed by atoms with Crippen molar-refractivity contribution in [3.05, 3.63) is 57.1 Å². The molecule has 0 saturated carbocycles. The number of non-ortho nitro benzene ring substituents is 1. The molecule has 122 valence electrons. The first-order chi connectivity index (χ1) is 10.8. The van der Waals surface area contributed by atoms with Crippen molar-refractivity contribution >= 4 is 40.7 Å². The predicted octanol–water partition coefficient (Wildman–Crippen LogP) is 4.34. The first-order valence-electron chi connectivity index (χ1n) is 6.29. The van der Waals surface area contributed by atoms with E-state index >= 15 is 0 Å². The number of anilines is 2. The molecule has 0 aromatic heterocycles. The molecular formula is C13H13BrN3O5P. The molecule has 2 aromatic carbocycles. The smallest absolute Gasteiger partial charge is 0.391 e. The molecule has 3 N–H and O–H groups in total. The summed E-state index contributed by atoms with van der Waals surface area (Å²) in [6.07, 6.45) is 0. The molecule has 0 spiro atoms. The summed E-state index contributed by atoms with van der Waals surface area (Å²) in [4.78, 5) is 10.0. The van der Waals surface area contributed by atoms with E-state index in [4.69, 9.17) is 4.52 Å². The fourth-order valence-corrected chi connectivity index (χ4v) is 3.51. The second-order valence-corrected chi connectivity index (χ2v) is 7.17. The molecule has 0 fully saturated rings. The average molecular weight is 402 g/mol. The second-order valence-electron chi connectivity index (χ2n) is 4.40. The number of aromatic hydroxyl groups is 1. The Morgan fingerprint density at radius 1 is 1.22 bits per heavy atom. The molecule has 1 unspecified atom stereocenters. The molecule has 2 rings (SSSR count). The molecule has 8 nitrogen and oxygen atoms in total. The number of phenolic OH excluding ortho intramolecular Hbond substituents is 1. The third kappa shape index (κ3) is 4.22. The summed E-state index contributed by atoms with van der Waals surface area (Å²) in [6, 6.07) is 10.4. The van der Waals surface area contributed by atoms with Gasteiger partial charge in [-0.25, -0.2) is 4.57 Å². The Bertz CT molecular complexity index is 786. The highest BCUT2D eigenvalue weighted by Crippen LogP contribution is 2.48. The Hall–Kier alpha value is -2.09. The number of hydrogen-bond donors (Lipinski definition) is 3. The third-order valence-corrected chi connectivity index (χ3v) is 5.13. The summed E-state index contributed by atoms with van der Waals surface area (Å²) >= 11 is 3.31. The average Bonchev–Trinajstić information content (AvgIpc) is 2.51. The SMILES string of the molecule is COP(=O)(Nc1ccc([N+](=O)[O-])cc1O)Nc1ccccc1Br. The van der Waals surface area contributed by atoms with Gasteiger partial charge < -0.3 is 9.63 Å². The number of nitrogens with one attached hydrogen (secondary N) is 2. The molecule has 0 heterocycles. The first kappa shape index (κ1) is 17.3. The van der Waals surface area contributed by atoms with Crippen molar-refractivity contribution in [2.75, 3.05) is 17.3 Å². The fraction of sp³-hybridized carbons (Fsp3) is 0.0769. The van der Waals surface area contributed by atoms with Crippen molar-refractivity contribution in [1.82, 2.24) is 0 Å². The topological polar surface area (TPSA) is 114 Å². The number of halogens is 1. The molecule has 0 aliphatic rings.